The summed E-state index contributed by atoms with van der Waals surface area (Å²) in [6.45, 7) is 7.28. The standard InChI is InChI=1S/C27H29N5O2S/c1-4-27(3)15-19-13-9-10-14-20(19)23-22(27)24(34)32-25(29-23)31(5-2)30-26(32)35-17-21(33)28-16-18-11-7-6-8-12-18/h6-14H,4-5,15-17H2,1-3H3,(H,28,33)/t27-/m1/s1. The molecule has 1 aliphatic carbocycles. The maximum atomic E-state index is 14.0. The van der Waals surface area contributed by atoms with E-state index in [1.807, 2.05) is 55.5 Å². The number of thioether (sulfide) groups is 1. The smallest absolute Gasteiger partial charge is 0.265 e. The van der Waals surface area contributed by atoms with Gasteiger partial charge in [-0.25, -0.2) is 14.1 Å². The van der Waals surface area contributed by atoms with Crippen molar-refractivity contribution in [3.05, 3.63) is 81.6 Å². The number of carbonyl (C=O) groups is 1. The Bertz CT molecular complexity index is 1460. The molecular weight excluding hydrogens is 458 g/mol. The lowest BCUT2D eigenvalue weighted by Crippen LogP contribution is -2.38. The molecule has 7 nitrogen and oxygen atoms in total. The summed E-state index contributed by atoms with van der Waals surface area (Å²) in [5, 5.41) is 8.09. The second-order valence-corrected chi connectivity index (χ2v) is 10.1. The summed E-state index contributed by atoms with van der Waals surface area (Å²) in [6.07, 6.45) is 1.62. The number of nitrogens with zero attached hydrogens (tertiary/aromatic N) is 4. The fraction of sp³-hybridized carbons (Fsp3) is 0.333. The Balaban J connectivity index is 1.52. The molecule has 2 heterocycles. The van der Waals surface area contributed by atoms with Gasteiger partial charge in [-0.15, -0.1) is 5.10 Å². The highest BCUT2D eigenvalue weighted by Crippen LogP contribution is 2.42. The Morgan fingerprint density at radius 2 is 1.86 bits per heavy atom. The van der Waals surface area contributed by atoms with Gasteiger partial charge in [0, 0.05) is 24.1 Å². The van der Waals surface area contributed by atoms with Gasteiger partial charge in [0.25, 0.3) is 5.56 Å². The van der Waals surface area contributed by atoms with E-state index in [4.69, 9.17) is 4.98 Å². The Hall–Kier alpha value is -3.39. The summed E-state index contributed by atoms with van der Waals surface area (Å²) in [7, 11) is 0. The highest BCUT2D eigenvalue weighted by molar-refractivity contribution is 7.99. The first-order valence-electron chi connectivity index (χ1n) is 12.0. The summed E-state index contributed by atoms with van der Waals surface area (Å²) in [5.41, 5.74) is 4.36. The molecule has 0 fully saturated rings. The monoisotopic (exact) mass is 487 g/mol. The van der Waals surface area contributed by atoms with Gasteiger partial charge in [0.2, 0.25) is 11.7 Å². The molecule has 0 saturated carbocycles. The van der Waals surface area contributed by atoms with E-state index in [2.05, 4.69) is 30.3 Å². The molecule has 8 heteroatoms. The average molecular weight is 488 g/mol. The van der Waals surface area contributed by atoms with E-state index in [-0.39, 0.29) is 22.6 Å². The second kappa shape index (κ2) is 9.34. The molecule has 0 aliphatic heterocycles. The van der Waals surface area contributed by atoms with E-state index in [0.717, 1.165) is 35.2 Å². The normalized spacial score (nSPS) is 16.7. The first-order valence-corrected chi connectivity index (χ1v) is 13.0. The molecule has 0 unspecified atom stereocenters. The first kappa shape index (κ1) is 23.4. The fourth-order valence-electron chi connectivity index (χ4n) is 4.79. The number of aryl methyl sites for hydroxylation is 1. The minimum Gasteiger partial charge on any atom is -0.351 e. The maximum Gasteiger partial charge on any atom is 0.265 e. The number of amides is 1. The van der Waals surface area contributed by atoms with Gasteiger partial charge < -0.3 is 5.32 Å². The molecule has 1 N–H and O–H groups in total. The van der Waals surface area contributed by atoms with Crippen molar-refractivity contribution in [2.45, 2.75) is 57.3 Å². The molecule has 0 saturated heterocycles. The third kappa shape index (κ3) is 4.16. The van der Waals surface area contributed by atoms with Crippen LogP contribution >= 0.6 is 11.8 Å². The Kier molecular flexibility index (Phi) is 6.23. The van der Waals surface area contributed by atoms with Crippen LogP contribution in [0.25, 0.3) is 17.0 Å². The van der Waals surface area contributed by atoms with Crippen LogP contribution in [0.3, 0.4) is 0 Å². The van der Waals surface area contributed by atoms with E-state index in [9.17, 15) is 9.59 Å². The summed E-state index contributed by atoms with van der Waals surface area (Å²) >= 11 is 1.27. The van der Waals surface area contributed by atoms with Crippen LogP contribution in [0, 0.1) is 0 Å². The second-order valence-electron chi connectivity index (χ2n) is 9.17. The lowest BCUT2D eigenvalue weighted by molar-refractivity contribution is -0.118. The van der Waals surface area contributed by atoms with Crippen molar-refractivity contribution in [3.63, 3.8) is 0 Å². The number of benzene rings is 2. The van der Waals surface area contributed by atoms with E-state index in [1.54, 1.807) is 9.08 Å². The van der Waals surface area contributed by atoms with Crippen molar-refractivity contribution >= 4 is 23.4 Å². The molecule has 1 amide bonds. The van der Waals surface area contributed by atoms with Gasteiger partial charge in [-0.2, -0.15) is 0 Å². The highest BCUT2D eigenvalue weighted by Gasteiger charge is 2.38. The van der Waals surface area contributed by atoms with Gasteiger partial charge in [0.15, 0.2) is 5.16 Å². The van der Waals surface area contributed by atoms with Crippen molar-refractivity contribution in [1.29, 1.82) is 0 Å². The van der Waals surface area contributed by atoms with Crippen molar-refractivity contribution in [1.82, 2.24) is 24.5 Å². The average Bonchev–Trinajstić information content (AvgIpc) is 3.25. The Morgan fingerprint density at radius 1 is 1.11 bits per heavy atom. The molecule has 180 valence electrons. The molecular formula is C27H29N5O2S. The van der Waals surface area contributed by atoms with E-state index < -0.39 is 0 Å². The molecule has 2 aromatic carbocycles. The number of hydrogen-bond donors (Lipinski definition) is 1. The number of aromatic nitrogens is 4. The minimum atomic E-state index is -0.321. The van der Waals surface area contributed by atoms with Crippen molar-refractivity contribution < 1.29 is 4.79 Å². The van der Waals surface area contributed by atoms with E-state index >= 15 is 0 Å². The van der Waals surface area contributed by atoms with Crippen LogP contribution in [-0.2, 0) is 29.7 Å². The van der Waals surface area contributed by atoms with Crippen molar-refractivity contribution in [2.75, 3.05) is 5.75 Å². The molecule has 4 aromatic rings. The number of carbonyl (C=O) groups excluding carboxylic acids is 1. The molecule has 0 bridgehead atoms. The highest BCUT2D eigenvalue weighted by atomic mass is 32.2. The van der Waals surface area contributed by atoms with Gasteiger partial charge in [0.05, 0.1) is 17.0 Å². The van der Waals surface area contributed by atoms with Crippen molar-refractivity contribution in [3.8, 4) is 11.3 Å². The van der Waals surface area contributed by atoms with Gasteiger partial charge >= 0.3 is 0 Å². The molecule has 5 rings (SSSR count). The zero-order valence-electron chi connectivity index (χ0n) is 20.2. The fourth-order valence-corrected chi connectivity index (χ4v) is 5.60. The Labute approximate surface area is 208 Å². The third-order valence-electron chi connectivity index (χ3n) is 6.90. The molecule has 0 spiro atoms. The van der Waals surface area contributed by atoms with Gasteiger partial charge in [-0.05, 0) is 30.9 Å². The van der Waals surface area contributed by atoms with Gasteiger partial charge in [0.1, 0.15) is 0 Å². The zero-order valence-corrected chi connectivity index (χ0v) is 21.1. The molecule has 0 radical (unpaired) electrons. The first-order chi connectivity index (χ1) is 16.9. The quantitative estimate of drug-likeness (QED) is 0.395. The lowest BCUT2D eigenvalue weighted by Gasteiger charge is -2.35. The van der Waals surface area contributed by atoms with Gasteiger partial charge in [-0.3, -0.25) is 9.59 Å². The molecule has 35 heavy (non-hydrogen) atoms. The van der Waals surface area contributed by atoms with Crippen LogP contribution in [0.1, 0.15) is 43.9 Å². The number of rotatable bonds is 7. The van der Waals surface area contributed by atoms with E-state index in [1.165, 1.54) is 17.3 Å². The van der Waals surface area contributed by atoms with E-state index in [0.29, 0.717) is 24.0 Å². The predicted molar refractivity (Wildman–Crippen MR) is 139 cm³/mol. The Morgan fingerprint density at radius 3 is 2.60 bits per heavy atom. The largest absolute Gasteiger partial charge is 0.351 e. The topological polar surface area (TPSA) is 81.3 Å². The molecule has 2 aromatic heterocycles. The van der Waals surface area contributed by atoms with Crippen LogP contribution in [0.5, 0.6) is 0 Å². The van der Waals surface area contributed by atoms with Crippen LogP contribution in [0.2, 0.25) is 0 Å². The molecule has 1 aliphatic rings. The number of nitrogens with one attached hydrogen (secondary N) is 1. The zero-order chi connectivity index (χ0) is 24.6. The number of hydrogen-bond acceptors (Lipinski definition) is 5. The van der Waals surface area contributed by atoms with Crippen LogP contribution in [0.4, 0.5) is 0 Å². The van der Waals surface area contributed by atoms with Crippen molar-refractivity contribution in [2.24, 2.45) is 0 Å². The summed E-state index contributed by atoms with van der Waals surface area (Å²) in [4.78, 5) is 31.6. The summed E-state index contributed by atoms with van der Waals surface area (Å²) < 4.78 is 3.34. The maximum absolute atomic E-state index is 14.0. The van der Waals surface area contributed by atoms with Gasteiger partial charge in [-0.1, -0.05) is 80.2 Å². The predicted octanol–water partition coefficient (Wildman–Crippen LogP) is 4.21. The van der Waals surface area contributed by atoms with Crippen LogP contribution in [0.15, 0.2) is 64.5 Å². The lowest BCUT2D eigenvalue weighted by atomic mass is 9.69. The molecule has 1 atom stereocenters. The van der Waals surface area contributed by atoms with Crippen LogP contribution < -0.4 is 10.9 Å². The summed E-state index contributed by atoms with van der Waals surface area (Å²) in [5.74, 6) is 0.572. The van der Waals surface area contributed by atoms with Crippen LogP contribution in [-0.4, -0.2) is 30.8 Å². The third-order valence-corrected chi connectivity index (χ3v) is 7.82. The number of fused-ring (bicyclic) bond motifs is 4. The summed E-state index contributed by atoms with van der Waals surface area (Å²) in [6, 6.07) is 18.0. The minimum absolute atomic E-state index is 0.0873. The SMILES string of the molecule is CCn1nc(SCC(=O)NCc2ccccc2)n2c(=O)c3c(nc12)-c1ccccc1C[C@@]3(C)CC.